The third kappa shape index (κ3) is 5.76. The van der Waals surface area contributed by atoms with E-state index in [0.29, 0.717) is 13.1 Å². The number of likely N-dealkylation sites (N-methyl/N-ethyl adjacent to an activating group) is 1. The fourth-order valence-corrected chi connectivity index (χ4v) is 2.70. The zero-order valence-corrected chi connectivity index (χ0v) is 14.9. The Morgan fingerprint density at radius 1 is 1.12 bits per heavy atom. The lowest BCUT2D eigenvalue weighted by atomic mass is 10.2. The maximum Gasteiger partial charge on any atom is 0.321 e. The summed E-state index contributed by atoms with van der Waals surface area (Å²) in [4.78, 5) is 41.5. The van der Waals surface area contributed by atoms with Crippen LogP contribution in [0.5, 0.6) is 0 Å². The van der Waals surface area contributed by atoms with Crippen LogP contribution >= 0.6 is 0 Å². The van der Waals surface area contributed by atoms with E-state index in [4.69, 9.17) is 0 Å². The first-order chi connectivity index (χ1) is 11.4. The number of carbonyl (C=O) groups is 3. The zero-order chi connectivity index (χ0) is 17.7. The zero-order valence-electron chi connectivity index (χ0n) is 14.9. The van der Waals surface area contributed by atoms with Crippen molar-refractivity contribution >= 4 is 17.8 Å². The number of hydrogen-bond acceptors (Lipinski definition) is 5. The van der Waals surface area contributed by atoms with E-state index in [0.717, 1.165) is 38.9 Å². The number of hydrogen-bond donors (Lipinski definition) is 2. The highest BCUT2D eigenvalue weighted by atomic mass is 16.2. The fourth-order valence-electron chi connectivity index (χ4n) is 2.70. The number of urea groups is 1. The van der Waals surface area contributed by atoms with Crippen LogP contribution in [0.3, 0.4) is 0 Å². The molecule has 4 amide bonds. The van der Waals surface area contributed by atoms with Crippen molar-refractivity contribution in [1.29, 1.82) is 0 Å². The Kier molecular flexibility index (Phi) is 6.56. The van der Waals surface area contributed by atoms with Gasteiger partial charge in [-0.1, -0.05) is 0 Å². The van der Waals surface area contributed by atoms with E-state index in [1.807, 2.05) is 6.92 Å². The van der Waals surface area contributed by atoms with Crippen molar-refractivity contribution in [2.45, 2.75) is 38.3 Å². The third-order valence-corrected chi connectivity index (χ3v) is 4.56. The quantitative estimate of drug-likeness (QED) is 0.703. The number of nitrogens with one attached hydrogen (secondary N) is 2. The molecule has 0 bridgehead atoms. The molecular weight excluding hydrogens is 310 g/mol. The van der Waals surface area contributed by atoms with Crippen LogP contribution in [0.25, 0.3) is 0 Å². The average Bonchev–Trinajstić information content (AvgIpc) is 3.33. The number of carbonyl (C=O) groups excluding carboxylic acids is 3. The van der Waals surface area contributed by atoms with Crippen LogP contribution in [0, 0.1) is 0 Å². The molecule has 1 heterocycles. The lowest BCUT2D eigenvalue weighted by Crippen LogP contribution is -2.50. The van der Waals surface area contributed by atoms with E-state index >= 15 is 0 Å². The van der Waals surface area contributed by atoms with Gasteiger partial charge in [0.05, 0.1) is 12.6 Å². The molecule has 0 unspecified atom stereocenters. The topological polar surface area (TPSA) is 85.0 Å². The summed E-state index contributed by atoms with van der Waals surface area (Å²) in [6.07, 6.45) is 2.88. The minimum atomic E-state index is -0.401. The minimum Gasteiger partial charge on any atom is -0.348 e. The van der Waals surface area contributed by atoms with Crippen molar-refractivity contribution < 1.29 is 14.4 Å². The van der Waals surface area contributed by atoms with Crippen LogP contribution in [-0.2, 0) is 9.59 Å². The molecule has 8 nitrogen and oxygen atoms in total. The molecule has 2 aliphatic rings. The first-order valence-electron chi connectivity index (χ1n) is 8.64. The fraction of sp³-hybridized carbons (Fsp3) is 0.812. The van der Waals surface area contributed by atoms with Gasteiger partial charge in [-0.15, -0.1) is 0 Å². The summed E-state index contributed by atoms with van der Waals surface area (Å²) in [6, 6.07) is -0.532. The summed E-state index contributed by atoms with van der Waals surface area (Å²) < 4.78 is 0. The van der Waals surface area contributed by atoms with Gasteiger partial charge < -0.3 is 10.2 Å². The Bertz CT molecular complexity index is 478. The first kappa shape index (κ1) is 18.7. The summed E-state index contributed by atoms with van der Waals surface area (Å²) in [5.41, 5.74) is 0. The second-order valence-electron chi connectivity index (χ2n) is 6.87. The summed E-state index contributed by atoms with van der Waals surface area (Å²) in [5, 5.41) is 5.18. The van der Waals surface area contributed by atoms with Gasteiger partial charge in [0.2, 0.25) is 11.8 Å². The highest BCUT2D eigenvalue weighted by Gasteiger charge is 2.28. The number of rotatable bonds is 5. The predicted octanol–water partition coefficient (Wildman–Crippen LogP) is -0.541. The van der Waals surface area contributed by atoms with Crippen molar-refractivity contribution in [1.82, 2.24) is 25.3 Å². The SMILES string of the molecule is C[C@@H](C(=O)NC(=O)NC1CC1)N1CCCN(CC(=O)N(C)C)CC1. The van der Waals surface area contributed by atoms with E-state index in [1.54, 1.807) is 19.0 Å². The van der Waals surface area contributed by atoms with Gasteiger partial charge in [0.25, 0.3) is 0 Å². The van der Waals surface area contributed by atoms with Gasteiger partial charge in [0.15, 0.2) is 0 Å². The van der Waals surface area contributed by atoms with Gasteiger partial charge >= 0.3 is 6.03 Å². The molecule has 8 heteroatoms. The van der Waals surface area contributed by atoms with E-state index in [2.05, 4.69) is 20.4 Å². The third-order valence-electron chi connectivity index (χ3n) is 4.56. The van der Waals surface area contributed by atoms with Crippen molar-refractivity contribution in [3.63, 3.8) is 0 Å². The molecule has 1 saturated carbocycles. The second kappa shape index (κ2) is 8.43. The summed E-state index contributed by atoms with van der Waals surface area (Å²) in [5.74, 6) is -0.183. The Hall–Kier alpha value is -1.67. The summed E-state index contributed by atoms with van der Waals surface area (Å²) in [7, 11) is 3.51. The normalized spacial score (nSPS) is 20.8. The van der Waals surface area contributed by atoms with Crippen molar-refractivity contribution in [3.8, 4) is 0 Å². The molecule has 2 fully saturated rings. The molecular formula is C16H29N5O3. The maximum atomic E-state index is 12.2. The molecule has 0 aromatic carbocycles. The monoisotopic (exact) mass is 339 g/mol. The Morgan fingerprint density at radius 2 is 1.83 bits per heavy atom. The molecule has 1 saturated heterocycles. The maximum absolute atomic E-state index is 12.2. The van der Waals surface area contributed by atoms with Gasteiger partial charge in [-0.2, -0.15) is 0 Å². The molecule has 1 aliphatic heterocycles. The van der Waals surface area contributed by atoms with Gasteiger partial charge in [0.1, 0.15) is 0 Å². The van der Waals surface area contributed by atoms with Crippen LogP contribution in [0.15, 0.2) is 0 Å². The van der Waals surface area contributed by atoms with Crippen LogP contribution in [0.4, 0.5) is 4.79 Å². The molecule has 2 N–H and O–H groups in total. The Labute approximate surface area is 143 Å². The standard InChI is InChI=1S/C16H29N5O3/c1-12(15(23)18-16(24)17-13-5-6-13)21-8-4-7-20(9-10-21)11-14(22)19(2)3/h12-13H,4-11H2,1-3H3,(H2,17,18,23,24)/t12-/m0/s1. The van der Waals surface area contributed by atoms with Crippen LogP contribution in [0.1, 0.15) is 26.2 Å². The van der Waals surface area contributed by atoms with E-state index in [1.165, 1.54) is 0 Å². The first-order valence-corrected chi connectivity index (χ1v) is 8.64. The lowest BCUT2D eigenvalue weighted by molar-refractivity contribution is -0.130. The molecule has 2 rings (SSSR count). The second-order valence-corrected chi connectivity index (χ2v) is 6.87. The summed E-state index contributed by atoms with van der Waals surface area (Å²) >= 11 is 0. The van der Waals surface area contributed by atoms with Gasteiger partial charge in [-0.3, -0.25) is 24.7 Å². The molecule has 1 aliphatic carbocycles. The molecule has 0 aromatic heterocycles. The number of nitrogens with zero attached hydrogens (tertiary/aromatic N) is 3. The molecule has 0 spiro atoms. The van der Waals surface area contributed by atoms with Gasteiger partial charge in [-0.05, 0) is 32.7 Å². The Morgan fingerprint density at radius 3 is 2.46 bits per heavy atom. The molecule has 0 radical (unpaired) electrons. The molecule has 0 aromatic rings. The minimum absolute atomic E-state index is 0.0889. The van der Waals surface area contributed by atoms with E-state index in [-0.39, 0.29) is 23.9 Å². The smallest absolute Gasteiger partial charge is 0.321 e. The van der Waals surface area contributed by atoms with E-state index < -0.39 is 6.03 Å². The highest BCUT2D eigenvalue weighted by Crippen LogP contribution is 2.18. The highest BCUT2D eigenvalue weighted by molar-refractivity contribution is 5.97. The lowest BCUT2D eigenvalue weighted by Gasteiger charge is -2.26. The molecule has 136 valence electrons. The Balaban J connectivity index is 1.77. The predicted molar refractivity (Wildman–Crippen MR) is 90.5 cm³/mol. The van der Waals surface area contributed by atoms with E-state index in [9.17, 15) is 14.4 Å². The van der Waals surface area contributed by atoms with Gasteiger partial charge in [0, 0.05) is 39.8 Å². The van der Waals surface area contributed by atoms with Crippen molar-refractivity contribution in [2.75, 3.05) is 46.8 Å². The summed E-state index contributed by atoms with van der Waals surface area (Å²) in [6.45, 7) is 5.30. The molecule has 24 heavy (non-hydrogen) atoms. The average molecular weight is 339 g/mol. The van der Waals surface area contributed by atoms with Crippen LogP contribution in [-0.4, -0.2) is 91.4 Å². The van der Waals surface area contributed by atoms with Gasteiger partial charge in [-0.25, -0.2) is 4.79 Å². The molecule has 1 atom stereocenters. The van der Waals surface area contributed by atoms with Crippen molar-refractivity contribution in [3.05, 3.63) is 0 Å². The number of amides is 4. The van der Waals surface area contributed by atoms with Crippen LogP contribution < -0.4 is 10.6 Å². The van der Waals surface area contributed by atoms with Crippen LogP contribution in [0.2, 0.25) is 0 Å². The van der Waals surface area contributed by atoms with Crippen molar-refractivity contribution in [2.24, 2.45) is 0 Å². The largest absolute Gasteiger partial charge is 0.348 e. The number of imide groups is 1.